The van der Waals surface area contributed by atoms with E-state index in [0.717, 1.165) is 25.7 Å². The number of allylic oxidation sites excluding steroid dienone is 4. The average molecular weight is 228 g/mol. The van der Waals surface area contributed by atoms with Crippen LogP contribution < -0.4 is 0 Å². The molecule has 0 radical (unpaired) electrons. The molecule has 16 heavy (non-hydrogen) atoms. The zero-order valence-corrected chi connectivity index (χ0v) is 10.9. The number of hydrogen-bond acceptors (Lipinski definition) is 2. The third-order valence-corrected chi connectivity index (χ3v) is 1.91. The van der Waals surface area contributed by atoms with Gasteiger partial charge in [-0.2, -0.15) is 0 Å². The SMILES string of the molecule is C1=CCCC=C1.CCCCO.CCCCO. The highest BCUT2D eigenvalue weighted by molar-refractivity contribution is 5.07. The lowest BCUT2D eigenvalue weighted by molar-refractivity contribution is 0.286. The third-order valence-electron chi connectivity index (χ3n) is 1.91. The van der Waals surface area contributed by atoms with E-state index in [4.69, 9.17) is 10.2 Å². The molecular weight excluding hydrogens is 200 g/mol. The summed E-state index contributed by atoms with van der Waals surface area (Å²) in [6, 6.07) is 0. The van der Waals surface area contributed by atoms with Gasteiger partial charge < -0.3 is 10.2 Å². The molecule has 2 N–H and O–H groups in total. The van der Waals surface area contributed by atoms with E-state index in [9.17, 15) is 0 Å². The molecule has 0 aromatic heterocycles. The predicted octanol–water partition coefficient (Wildman–Crippen LogP) is 3.45. The van der Waals surface area contributed by atoms with E-state index in [2.05, 4.69) is 38.2 Å². The zero-order chi connectivity index (χ0) is 12.5. The molecule has 1 aliphatic rings. The maximum atomic E-state index is 8.07. The summed E-state index contributed by atoms with van der Waals surface area (Å²) in [5.74, 6) is 0. The Labute approximate surface area is 101 Å². The lowest BCUT2D eigenvalue weighted by Crippen LogP contribution is -1.75. The van der Waals surface area contributed by atoms with Crippen molar-refractivity contribution in [2.75, 3.05) is 13.2 Å². The van der Waals surface area contributed by atoms with Gasteiger partial charge in [-0.15, -0.1) is 0 Å². The fourth-order valence-electron chi connectivity index (χ4n) is 0.858. The van der Waals surface area contributed by atoms with Crippen LogP contribution in [-0.2, 0) is 0 Å². The molecule has 0 saturated carbocycles. The minimum absolute atomic E-state index is 0.344. The molecule has 96 valence electrons. The van der Waals surface area contributed by atoms with Crippen LogP contribution in [0.25, 0.3) is 0 Å². The maximum absolute atomic E-state index is 8.07. The smallest absolute Gasteiger partial charge is 0.0430 e. The van der Waals surface area contributed by atoms with Gasteiger partial charge in [-0.25, -0.2) is 0 Å². The van der Waals surface area contributed by atoms with Gasteiger partial charge in [0.15, 0.2) is 0 Å². The van der Waals surface area contributed by atoms with Crippen molar-refractivity contribution >= 4 is 0 Å². The quantitative estimate of drug-likeness (QED) is 0.773. The lowest BCUT2D eigenvalue weighted by atomic mass is 10.2. The average Bonchev–Trinajstić information content (AvgIpc) is 2.35. The van der Waals surface area contributed by atoms with Crippen LogP contribution in [-0.4, -0.2) is 23.4 Å². The highest BCUT2D eigenvalue weighted by atomic mass is 16.3. The topological polar surface area (TPSA) is 40.5 Å². The van der Waals surface area contributed by atoms with E-state index >= 15 is 0 Å². The van der Waals surface area contributed by atoms with Crippen LogP contribution in [0.4, 0.5) is 0 Å². The molecule has 2 nitrogen and oxygen atoms in total. The molecule has 0 aromatic carbocycles. The Morgan fingerprint density at radius 2 is 1.19 bits per heavy atom. The minimum atomic E-state index is 0.344. The first-order valence-corrected chi connectivity index (χ1v) is 6.36. The van der Waals surface area contributed by atoms with Crippen molar-refractivity contribution in [3.8, 4) is 0 Å². The Balaban J connectivity index is 0. The molecular formula is C14H28O2. The molecule has 0 fully saturated rings. The van der Waals surface area contributed by atoms with E-state index < -0.39 is 0 Å². The fourth-order valence-corrected chi connectivity index (χ4v) is 0.858. The van der Waals surface area contributed by atoms with Crippen LogP contribution >= 0.6 is 0 Å². The second kappa shape index (κ2) is 19.9. The van der Waals surface area contributed by atoms with Crippen LogP contribution in [0.15, 0.2) is 24.3 Å². The molecule has 0 spiro atoms. The standard InChI is InChI=1S/C6H8.2C4H10O/c1-2-4-6-5-3-1;2*1-2-3-4-5/h1-4H,5-6H2;2*5H,2-4H2,1H3. The van der Waals surface area contributed by atoms with E-state index in [1.165, 1.54) is 12.8 Å². The molecule has 0 bridgehead atoms. The van der Waals surface area contributed by atoms with Crippen molar-refractivity contribution in [1.82, 2.24) is 0 Å². The zero-order valence-electron chi connectivity index (χ0n) is 10.9. The molecule has 0 saturated heterocycles. The summed E-state index contributed by atoms with van der Waals surface area (Å²) in [5, 5.41) is 16.1. The van der Waals surface area contributed by atoms with Crippen molar-refractivity contribution in [3.05, 3.63) is 24.3 Å². The van der Waals surface area contributed by atoms with Gasteiger partial charge in [-0.3, -0.25) is 0 Å². The number of unbranched alkanes of at least 4 members (excludes halogenated alkanes) is 2. The Hall–Kier alpha value is -0.600. The van der Waals surface area contributed by atoms with Crippen molar-refractivity contribution in [3.63, 3.8) is 0 Å². The Morgan fingerprint density at radius 1 is 0.812 bits per heavy atom. The van der Waals surface area contributed by atoms with Crippen LogP contribution in [0.2, 0.25) is 0 Å². The Morgan fingerprint density at radius 3 is 1.25 bits per heavy atom. The van der Waals surface area contributed by atoms with E-state index in [1.807, 2.05) is 0 Å². The second-order valence-corrected chi connectivity index (χ2v) is 3.59. The summed E-state index contributed by atoms with van der Waals surface area (Å²) in [6.45, 7) is 4.79. The summed E-state index contributed by atoms with van der Waals surface area (Å²) in [7, 11) is 0. The molecule has 1 rings (SSSR count). The highest BCUT2D eigenvalue weighted by Crippen LogP contribution is 1.98. The maximum Gasteiger partial charge on any atom is 0.0430 e. The first-order chi connectivity index (χ1) is 7.83. The van der Waals surface area contributed by atoms with Crippen LogP contribution in [0.5, 0.6) is 0 Å². The van der Waals surface area contributed by atoms with E-state index in [1.54, 1.807) is 0 Å². The largest absolute Gasteiger partial charge is 0.396 e. The minimum Gasteiger partial charge on any atom is -0.396 e. The van der Waals surface area contributed by atoms with Crippen molar-refractivity contribution in [2.45, 2.75) is 52.4 Å². The summed E-state index contributed by atoms with van der Waals surface area (Å²) in [4.78, 5) is 0. The third kappa shape index (κ3) is 23.3. The fraction of sp³-hybridized carbons (Fsp3) is 0.714. The molecule has 2 heteroatoms. The summed E-state index contributed by atoms with van der Waals surface area (Å²) < 4.78 is 0. The first-order valence-electron chi connectivity index (χ1n) is 6.36. The molecule has 0 amide bonds. The molecule has 1 aliphatic carbocycles. The second-order valence-electron chi connectivity index (χ2n) is 3.59. The monoisotopic (exact) mass is 228 g/mol. The van der Waals surface area contributed by atoms with Gasteiger partial charge in [0, 0.05) is 13.2 Å². The van der Waals surface area contributed by atoms with Gasteiger partial charge in [0.25, 0.3) is 0 Å². The van der Waals surface area contributed by atoms with Crippen molar-refractivity contribution in [2.24, 2.45) is 0 Å². The number of hydrogen-bond donors (Lipinski definition) is 2. The summed E-state index contributed by atoms with van der Waals surface area (Å²) >= 11 is 0. The molecule has 0 atom stereocenters. The summed E-state index contributed by atoms with van der Waals surface area (Å²) in [6.07, 6.45) is 15.1. The van der Waals surface area contributed by atoms with Gasteiger partial charge in [0.1, 0.15) is 0 Å². The lowest BCUT2D eigenvalue weighted by Gasteiger charge is -1.88. The number of rotatable bonds is 4. The molecule has 0 aromatic rings. The van der Waals surface area contributed by atoms with E-state index in [0.29, 0.717) is 13.2 Å². The predicted molar refractivity (Wildman–Crippen MR) is 71.5 cm³/mol. The van der Waals surface area contributed by atoms with E-state index in [-0.39, 0.29) is 0 Å². The summed E-state index contributed by atoms with van der Waals surface area (Å²) in [5.41, 5.74) is 0. The molecule has 0 aliphatic heterocycles. The Kier molecular flexibility index (Phi) is 22.1. The van der Waals surface area contributed by atoms with Crippen molar-refractivity contribution in [1.29, 1.82) is 0 Å². The van der Waals surface area contributed by atoms with Gasteiger partial charge in [-0.05, 0) is 25.7 Å². The van der Waals surface area contributed by atoms with Crippen LogP contribution in [0.3, 0.4) is 0 Å². The Bertz CT molecular complexity index is 129. The molecule has 0 heterocycles. The van der Waals surface area contributed by atoms with Crippen LogP contribution in [0.1, 0.15) is 52.4 Å². The van der Waals surface area contributed by atoms with Gasteiger partial charge in [0.05, 0.1) is 0 Å². The van der Waals surface area contributed by atoms with Gasteiger partial charge >= 0.3 is 0 Å². The van der Waals surface area contributed by atoms with Crippen molar-refractivity contribution < 1.29 is 10.2 Å². The molecule has 0 unspecified atom stereocenters. The van der Waals surface area contributed by atoms with Gasteiger partial charge in [-0.1, -0.05) is 51.0 Å². The number of aliphatic hydroxyl groups excluding tert-OH is 2. The van der Waals surface area contributed by atoms with Crippen LogP contribution in [0, 0.1) is 0 Å². The first kappa shape index (κ1) is 17.8. The van der Waals surface area contributed by atoms with Gasteiger partial charge in [0.2, 0.25) is 0 Å². The normalized spacial score (nSPS) is 12.2. The highest BCUT2D eigenvalue weighted by Gasteiger charge is 1.77. The number of aliphatic hydroxyl groups is 2.